The van der Waals surface area contributed by atoms with E-state index in [9.17, 15) is 14.4 Å². The molecule has 2 aromatic rings. The minimum atomic E-state index is -0.549. The molecule has 1 heterocycles. The van der Waals surface area contributed by atoms with Gasteiger partial charge >= 0.3 is 5.69 Å². The molecular formula is C15H17N3O4. The van der Waals surface area contributed by atoms with Crippen molar-refractivity contribution in [3.05, 3.63) is 56.4 Å². The summed E-state index contributed by atoms with van der Waals surface area (Å²) in [5, 5.41) is 2.73. The van der Waals surface area contributed by atoms with Crippen LogP contribution in [0.25, 0.3) is 0 Å². The second-order valence-corrected chi connectivity index (χ2v) is 4.79. The third-order valence-electron chi connectivity index (χ3n) is 3.21. The van der Waals surface area contributed by atoms with Crippen LogP contribution in [0.3, 0.4) is 0 Å². The Kier molecular flexibility index (Phi) is 4.77. The summed E-state index contributed by atoms with van der Waals surface area (Å²) in [7, 11) is 1.55. The van der Waals surface area contributed by atoms with Crippen molar-refractivity contribution in [2.45, 2.75) is 19.8 Å². The van der Waals surface area contributed by atoms with E-state index in [4.69, 9.17) is 4.74 Å². The number of carbonyl (C=O) groups is 1. The van der Waals surface area contributed by atoms with Crippen LogP contribution >= 0.6 is 0 Å². The molecule has 7 heteroatoms. The van der Waals surface area contributed by atoms with Gasteiger partial charge in [0.05, 0.1) is 7.11 Å². The topological polar surface area (TPSA) is 104 Å². The molecule has 22 heavy (non-hydrogen) atoms. The maximum atomic E-state index is 11.9. The summed E-state index contributed by atoms with van der Waals surface area (Å²) in [4.78, 5) is 39.4. The highest BCUT2D eigenvalue weighted by Gasteiger charge is 2.09. The number of anilines is 1. The summed E-state index contributed by atoms with van der Waals surface area (Å²) in [5.41, 5.74) is 0.488. The Morgan fingerprint density at radius 2 is 2.05 bits per heavy atom. The fraction of sp³-hybridized carbons (Fsp3) is 0.267. The van der Waals surface area contributed by atoms with Crippen LogP contribution in [-0.4, -0.2) is 23.0 Å². The lowest BCUT2D eigenvalue weighted by Gasteiger charge is -2.07. The average Bonchev–Trinajstić information content (AvgIpc) is 2.46. The van der Waals surface area contributed by atoms with E-state index in [1.165, 1.54) is 0 Å². The largest absolute Gasteiger partial charge is 0.497 e. The van der Waals surface area contributed by atoms with Crippen LogP contribution in [0, 0.1) is 6.92 Å². The normalized spacial score (nSPS) is 10.3. The van der Waals surface area contributed by atoms with E-state index in [1.807, 2.05) is 0 Å². The summed E-state index contributed by atoms with van der Waals surface area (Å²) < 4.78 is 5.08. The lowest BCUT2D eigenvalue weighted by Crippen LogP contribution is -2.27. The molecule has 0 aliphatic carbocycles. The number of hydrogen-bond donors (Lipinski definition) is 3. The minimum Gasteiger partial charge on any atom is -0.497 e. The fourth-order valence-corrected chi connectivity index (χ4v) is 2.09. The monoisotopic (exact) mass is 303 g/mol. The number of aromatic amines is 2. The second kappa shape index (κ2) is 6.75. The molecule has 0 unspecified atom stereocenters. The Labute approximate surface area is 126 Å². The molecular weight excluding hydrogens is 286 g/mol. The van der Waals surface area contributed by atoms with Crippen molar-refractivity contribution in [2.75, 3.05) is 12.4 Å². The van der Waals surface area contributed by atoms with Gasteiger partial charge in [0, 0.05) is 29.4 Å². The zero-order chi connectivity index (χ0) is 16.1. The maximum Gasteiger partial charge on any atom is 0.325 e. The molecule has 0 fully saturated rings. The van der Waals surface area contributed by atoms with Gasteiger partial charge in [-0.3, -0.25) is 14.6 Å². The Balaban J connectivity index is 2.01. The number of H-pyrrole nitrogens is 2. The van der Waals surface area contributed by atoms with Gasteiger partial charge < -0.3 is 15.0 Å². The van der Waals surface area contributed by atoms with E-state index in [0.717, 1.165) is 0 Å². The van der Waals surface area contributed by atoms with Crippen molar-refractivity contribution < 1.29 is 9.53 Å². The highest BCUT2D eigenvalue weighted by molar-refractivity contribution is 5.91. The lowest BCUT2D eigenvalue weighted by atomic mass is 10.1. The minimum absolute atomic E-state index is 0.132. The SMILES string of the molecule is COc1cccc(NC(=O)CCc2c(C)[nH]c(=O)[nH]c2=O)c1. The molecule has 1 aromatic carbocycles. The number of carbonyl (C=O) groups excluding carboxylic acids is 1. The van der Waals surface area contributed by atoms with Crippen molar-refractivity contribution in [2.24, 2.45) is 0 Å². The van der Waals surface area contributed by atoms with E-state index < -0.39 is 11.2 Å². The summed E-state index contributed by atoms with van der Waals surface area (Å²) in [6.45, 7) is 1.63. The van der Waals surface area contributed by atoms with E-state index >= 15 is 0 Å². The van der Waals surface area contributed by atoms with Gasteiger partial charge in [-0.1, -0.05) is 6.07 Å². The molecule has 0 bridgehead atoms. The van der Waals surface area contributed by atoms with Crippen molar-refractivity contribution in [3.8, 4) is 5.75 Å². The van der Waals surface area contributed by atoms with Crippen molar-refractivity contribution in [3.63, 3.8) is 0 Å². The van der Waals surface area contributed by atoms with E-state index in [-0.39, 0.29) is 18.7 Å². The van der Waals surface area contributed by atoms with Crippen LogP contribution in [0.2, 0.25) is 0 Å². The van der Waals surface area contributed by atoms with Crippen LogP contribution in [0.5, 0.6) is 5.75 Å². The molecule has 0 atom stereocenters. The summed E-state index contributed by atoms with van der Waals surface area (Å²) in [6, 6.07) is 7.00. The van der Waals surface area contributed by atoms with E-state index in [2.05, 4.69) is 15.3 Å². The third-order valence-corrected chi connectivity index (χ3v) is 3.21. The van der Waals surface area contributed by atoms with Gasteiger partial charge in [0.15, 0.2) is 0 Å². The van der Waals surface area contributed by atoms with Crippen LogP contribution in [0.15, 0.2) is 33.9 Å². The van der Waals surface area contributed by atoms with Gasteiger partial charge in [-0.25, -0.2) is 4.79 Å². The van der Waals surface area contributed by atoms with Gasteiger partial charge in [0.2, 0.25) is 5.91 Å². The molecule has 0 aliphatic heterocycles. The first-order valence-corrected chi connectivity index (χ1v) is 6.75. The molecule has 3 N–H and O–H groups in total. The van der Waals surface area contributed by atoms with Gasteiger partial charge in [0.25, 0.3) is 5.56 Å². The first kappa shape index (κ1) is 15.6. The zero-order valence-electron chi connectivity index (χ0n) is 12.4. The van der Waals surface area contributed by atoms with Gasteiger partial charge in [-0.05, 0) is 25.5 Å². The van der Waals surface area contributed by atoms with Gasteiger partial charge in [0.1, 0.15) is 5.75 Å². The summed E-state index contributed by atoms with van der Waals surface area (Å²) in [6.07, 6.45) is 0.376. The second-order valence-electron chi connectivity index (χ2n) is 4.79. The molecule has 0 radical (unpaired) electrons. The number of amides is 1. The van der Waals surface area contributed by atoms with Crippen LogP contribution in [-0.2, 0) is 11.2 Å². The van der Waals surface area contributed by atoms with Crippen molar-refractivity contribution in [1.29, 1.82) is 0 Å². The number of rotatable bonds is 5. The standard InChI is InChI=1S/C15H17N3O4/c1-9-12(14(20)18-15(21)16-9)6-7-13(19)17-10-4-3-5-11(8-10)22-2/h3-5,8H,6-7H2,1-2H3,(H,17,19)(H2,16,18,20,21). The molecule has 1 aromatic heterocycles. The first-order chi connectivity index (χ1) is 10.5. The van der Waals surface area contributed by atoms with E-state index in [1.54, 1.807) is 38.3 Å². The summed E-state index contributed by atoms with van der Waals surface area (Å²) in [5.74, 6) is 0.420. The number of ether oxygens (including phenoxy) is 1. The smallest absolute Gasteiger partial charge is 0.325 e. The zero-order valence-corrected chi connectivity index (χ0v) is 12.4. The summed E-state index contributed by atoms with van der Waals surface area (Å²) >= 11 is 0. The molecule has 7 nitrogen and oxygen atoms in total. The Morgan fingerprint density at radius 3 is 2.73 bits per heavy atom. The number of aromatic nitrogens is 2. The van der Waals surface area contributed by atoms with Gasteiger partial charge in [-0.15, -0.1) is 0 Å². The molecule has 1 amide bonds. The van der Waals surface area contributed by atoms with Gasteiger partial charge in [-0.2, -0.15) is 0 Å². The molecule has 0 aliphatic rings. The Bertz CT molecular complexity index is 792. The van der Waals surface area contributed by atoms with Crippen LogP contribution < -0.4 is 21.3 Å². The molecule has 2 rings (SSSR count). The quantitative estimate of drug-likeness (QED) is 0.765. The van der Waals surface area contributed by atoms with E-state index in [0.29, 0.717) is 22.7 Å². The number of aryl methyl sites for hydroxylation is 1. The van der Waals surface area contributed by atoms with Crippen LogP contribution in [0.1, 0.15) is 17.7 Å². The molecule has 0 saturated carbocycles. The number of hydrogen-bond acceptors (Lipinski definition) is 4. The molecule has 0 spiro atoms. The first-order valence-electron chi connectivity index (χ1n) is 6.75. The number of nitrogens with one attached hydrogen (secondary N) is 3. The maximum absolute atomic E-state index is 11.9. The Morgan fingerprint density at radius 1 is 1.27 bits per heavy atom. The predicted molar refractivity (Wildman–Crippen MR) is 82.4 cm³/mol. The predicted octanol–water partition coefficient (Wildman–Crippen LogP) is 0.952. The fourth-order valence-electron chi connectivity index (χ4n) is 2.09. The number of benzene rings is 1. The highest BCUT2D eigenvalue weighted by Crippen LogP contribution is 2.16. The lowest BCUT2D eigenvalue weighted by molar-refractivity contribution is -0.116. The number of methoxy groups -OCH3 is 1. The highest BCUT2D eigenvalue weighted by atomic mass is 16.5. The molecule has 116 valence electrons. The average molecular weight is 303 g/mol. The Hall–Kier alpha value is -2.83. The van der Waals surface area contributed by atoms with Crippen molar-refractivity contribution >= 4 is 11.6 Å². The third kappa shape index (κ3) is 3.85. The van der Waals surface area contributed by atoms with Crippen molar-refractivity contribution in [1.82, 2.24) is 9.97 Å². The molecule has 0 saturated heterocycles. The van der Waals surface area contributed by atoms with Crippen LogP contribution in [0.4, 0.5) is 5.69 Å².